The second-order valence-electron chi connectivity index (χ2n) is 3.66. The van der Waals surface area contributed by atoms with Crippen LogP contribution in [0.2, 0.25) is 0 Å². The number of rotatable bonds is 2. The van der Waals surface area contributed by atoms with Crippen LogP contribution < -0.4 is 5.73 Å². The summed E-state index contributed by atoms with van der Waals surface area (Å²) < 4.78 is 3.38. The van der Waals surface area contributed by atoms with Gasteiger partial charge in [0.1, 0.15) is 11.8 Å². The number of aromatic nitrogens is 6. The van der Waals surface area contributed by atoms with Crippen molar-refractivity contribution >= 4 is 23.2 Å². The second-order valence-corrected chi connectivity index (χ2v) is 3.66. The van der Waals surface area contributed by atoms with Crippen LogP contribution in [0.25, 0.3) is 23.2 Å². The van der Waals surface area contributed by atoms with E-state index >= 15 is 0 Å². The Labute approximate surface area is 103 Å². The first kappa shape index (κ1) is 10.5. The molecule has 0 radical (unpaired) electrons. The largest absolute Gasteiger partial charge is 0.368 e. The maximum atomic E-state index is 5.76. The summed E-state index contributed by atoms with van der Waals surface area (Å²) in [5.41, 5.74) is 7.47. The lowest BCUT2D eigenvalue weighted by Crippen LogP contribution is -2.07. The Bertz CT molecular complexity index is 722. The van der Waals surface area contributed by atoms with Gasteiger partial charge in [0.25, 0.3) is 0 Å². The minimum atomic E-state index is 0.295. The van der Waals surface area contributed by atoms with Crippen molar-refractivity contribution in [3.63, 3.8) is 0 Å². The third-order valence-corrected chi connectivity index (χ3v) is 2.53. The Kier molecular flexibility index (Phi) is 2.30. The first-order valence-corrected chi connectivity index (χ1v) is 5.42. The Hall–Kier alpha value is -2.70. The summed E-state index contributed by atoms with van der Waals surface area (Å²) in [6.07, 6.45) is 8.63. The summed E-state index contributed by atoms with van der Waals surface area (Å²) in [5.74, 6) is 0.884. The van der Waals surface area contributed by atoms with Crippen LogP contribution in [0, 0.1) is 0 Å². The van der Waals surface area contributed by atoms with Crippen molar-refractivity contribution in [3.05, 3.63) is 30.9 Å². The molecule has 18 heavy (non-hydrogen) atoms. The van der Waals surface area contributed by atoms with E-state index in [9.17, 15) is 0 Å². The Morgan fingerprint density at radius 2 is 2.28 bits per heavy atom. The summed E-state index contributed by atoms with van der Waals surface area (Å²) in [7, 11) is 0. The molecule has 0 aliphatic rings. The molecule has 0 aliphatic heterocycles. The molecule has 2 N–H and O–H groups in total. The molecule has 0 saturated heterocycles. The van der Waals surface area contributed by atoms with E-state index in [4.69, 9.17) is 5.73 Å². The molecule has 3 aromatic heterocycles. The molecule has 3 aromatic rings. The van der Waals surface area contributed by atoms with Gasteiger partial charge in [0.15, 0.2) is 0 Å². The van der Waals surface area contributed by atoms with Crippen LogP contribution in [0.3, 0.4) is 0 Å². The fourth-order valence-electron chi connectivity index (χ4n) is 1.79. The van der Waals surface area contributed by atoms with E-state index in [2.05, 4.69) is 20.1 Å². The average molecular weight is 241 g/mol. The maximum absolute atomic E-state index is 5.76. The molecule has 90 valence electrons. The van der Waals surface area contributed by atoms with Crippen molar-refractivity contribution in [1.29, 1.82) is 0 Å². The average Bonchev–Trinajstić information content (AvgIpc) is 2.94. The molecular formula is C11H11N7. The van der Waals surface area contributed by atoms with E-state index in [-0.39, 0.29) is 0 Å². The number of anilines is 1. The van der Waals surface area contributed by atoms with E-state index in [1.165, 1.54) is 11.0 Å². The molecule has 0 bridgehead atoms. The number of nitrogen functional groups attached to an aromatic ring is 1. The van der Waals surface area contributed by atoms with Crippen LogP contribution in [0.1, 0.15) is 6.92 Å². The third-order valence-electron chi connectivity index (χ3n) is 2.53. The predicted molar refractivity (Wildman–Crippen MR) is 67.9 cm³/mol. The zero-order chi connectivity index (χ0) is 12.5. The molecule has 0 amide bonds. The van der Waals surface area contributed by atoms with Crippen LogP contribution in [0.15, 0.2) is 30.9 Å². The number of pyridine rings is 1. The molecule has 0 aliphatic carbocycles. The molecule has 0 unspecified atom stereocenters. The summed E-state index contributed by atoms with van der Waals surface area (Å²) in [6, 6.07) is 1.89. The van der Waals surface area contributed by atoms with Crippen molar-refractivity contribution in [2.45, 2.75) is 6.92 Å². The van der Waals surface area contributed by atoms with Crippen molar-refractivity contribution in [2.75, 3.05) is 5.73 Å². The van der Waals surface area contributed by atoms with Gasteiger partial charge < -0.3 is 5.73 Å². The van der Waals surface area contributed by atoms with Crippen LogP contribution in [0.5, 0.6) is 0 Å². The van der Waals surface area contributed by atoms with Crippen LogP contribution in [-0.4, -0.2) is 29.3 Å². The molecule has 7 heteroatoms. The molecule has 7 nitrogen and oxygen atoms in total. The lowest BCUT2D eigenvalue weighted by molar-refractivity contribution is 0.815. The highest BCUT2D eigenvalue weighted by atomic mass is 15.4. The molecule has 0 saturated carbocycles. The summed E-state index contributed by atoms with van der Waals surface area (Å²) in [6.45, 7) is 1.93. The number of hydrogen-bond donors (Lipinski definition) is 1. The number of imidazole rings is 1. The van der Waals surface area contributed by atoms with E-state index in [1.54, 1.807) is 12.4 Å². The van der Waals surface area contributed by atoms with Crippen molar-refractivity contribution in [2.24, 2.45) is 0 Å². The van der Waals surface area contributed by atoms with Crippen molar-refractivity contribution in [3.8, 4) is 5.95 Å². The third kappa shape index (κ3) is 1.45. The maximum Gasteiger partial charge on any atom is 0.239 e. The molecular weight excluding hydrogens is 230 g/mol. The predicted octanol–water partition coefficient (Wildman–Crippen LogP) is 1.08. The number of allylic oxidation sites excluding steroid dienone is 1. The smallest absolute Gasteiger partial charge is 0.239 e. The molecule has 3 rings (SSSR count). The lowest BCUT2D eigenvalue weighted by Gasteiger charge is -2.03. The van der Waals surface area contributed by atoms with Crippen LogP contribution in [-0.2, 0) is 0 Å². The first-order valence-electron chi connectivity index (χ1n) is 5.42. The highest BCUT2D eigenvalue weighted by Crippen LogP contribution is 2.19. The van der Waals surface area contributed by atoms with Gasteiger partial charge in [-0.05, 0) is 13.0 Å². The minimum absolute atomic E-state index is 0.295. The van der Waals surface area contributed by atoms with Gasteiger partial charge in [-0.15, -0.1) is 0 Å². The molecule has 0 fully saturated rings. The monoisotopic (exact) mass is 241 g/mol. The van der Waals surface area contributed by atoms with E-state index < -0.39 is 0 Å². The normalized spacial score (nSPS) is 11.6. The Morgan fingerprint density at radius 3 is 3.00 bits per heavy atom. The summed E-state index contributed by atoms with van der Waals surface area (Å²) in [5, 5.41) is 4.07. The van der Waals surface area contributed by atoms with Gasteiger partial charge in [-0.2, -0.15) is 14.8 Å². The SMILES string of the molecule is CC=Cn1c(-n2ncnc2N)nc2cnccc21. The van der Waals surface area contributed by atoms with Gasteiger partial charge in [-0.3, -0.25) is 9.55 Å². The molecule has 0 spiro atoms. The number of fused-ring (bicyclic) bond motifs is 1. The summed E-state index contributed by atoms with van der Waals surface area (Å²) in [4.78, 5) is 12.4. The zero-order valence-corrected chi connectivity index (χ0v) is 9.72. The zero-order valence-electron chi connectivity index (χ0n) is 9.72. The van der Waals surface area contributed by atoms with Gasteiger partial charge in [0, 0.05) is 12.4 Å². The standard InChI is InChI=1S/C11H11N7/c1-2-5-17-9-3-4-13-6-8(9)16-11(17)18-10(12)14-7-15-18/h2-7H,1H3,(H2,12,14,15). The van der Waals surface area contributed by atoms with Crippen LogP contribution in [0.4, 0.5) is 5.95 Å². The first-order chi connectivity index (χ1) is 8.81. The highest BCUT2D eigenvalue weighted by Gasteiger charge is 2.13. The number of hydrogen-bond acceptors (Lipinski definition) is 5. The van der Waals surface area contributed by atoms with E-state index in [0.717, 1.165) is 11.0 Å². The second kappa shape index (κ2) is 3.95. The number of nitrogens with two attached hydrogens (primary N) is 1. The highest BCUT2D eigenvalue weighted by molar-refractivity contribution is 5.78. The fourth-order valence-corrected chi connectivity index (χ4v) is 1.79. The Balaban J connectivity index is 2.35. The van der Waals surface area contributed by atoms with Crippen LogP contribution >= 0.6 is 0 Å². The van der Waals surface area contributed by atoms with E-state index in [0.29, 0.717) is 11.9 Å². The van der Waals surface area contributed by atoms with Gasteiger partial charge in [0.2, 0.25) is 11.9 Å². The number of nitrogens with zero attached hydrogens (tertiary/aromatic N) is 6. The van der Waals surface area contributed by atoms with Crippen molar-refractivity contribution < 1.29 is 0 Å². The molecule has 0 atom stereocenters. The van der Waals surface area contributed by atoms with Gasteiger partial charge in [-0.25, -0.2) is 4.98 Å². The van der Waals surface area contributed by atoms with Gasteiger partial charge in [0.05, 0.1) is 11.7 Å². The minimum Gasteiger partial charge on any atom is -0.368 e. The Morgan fingerprint density at radius 1 is 1.39 bits per heavy atom. The lowest BCUT2D eigenvalue weighted by atomic mass is 10.4. The topological polar surface area (TPSA) is 87.4 Å². The summed E-state index contributed by atoms with van der Waals surface area (Å²) >= 11 is 0. The van der Waals surface area contributed by atoms with Gasteiger partial charge >= 0.3 is 0 Å². The molecule has 0 aromatic carbocycles. The van der Waals surface area contributed by atoms with E-state index in [1.807, 2.05) is 29.8 Å². The fraction of sp³-hybridized carbons (Fsp3) is 0.0909. The molecule has 3 heterocycles. The quantitative estimate of drug-likeness (QED) is 0.725. The van der Waals surface area contributed by atoms with Crippen molar-refractivity contribution in [1.82, 2.24) is 29.3 Å². The van der Waals surface area contributed by atoms with Gasteiger partial charge in [-0.1, -0.05) is 6.08 Å².